The van der Waals surface area contributed by atoms with Gasteiger partial charge in [0, 0.05) is 24.7 Å². The summed E-state index contributed by atoms with van der Waals surface area (Å²) in [4.78, 5) is 20.2. The molecule has 0 spiro atoms. The molecule has 3 heterocycles. The van der Waals surface area contributed by atoms with Crippen molar-refractivity contribution in [2.75, 3.05) is 0 Å². The van der Waals surface area contributed by atoms with Crippen molar-refractivity contribution in [1.82, 2.24) is 14.5 Å². The first-order valence-corrected chi connectivity index (χ1v) is 6.96. The quantitative estimate of drug-likeness (QED) is 0.743. The third-order valence-corrected chi connectivity index (χ3v) is 3.21. The molecule has 0 aliphatic rings. The van der Waals surface area contributed by atoms with E-state index in [1.165, 1.54) is 10.6 Å². The van der Waals surface area contributed by atoms with Gasteiger partial charge in [-0.25, -0.2) is 0 Å². The van der Waals surface area contributed by atoms with E-state index in [4.69, 9.17) is 16.3 Å². The molecule has 0 unspecified atom stereocenters. The monoisotopic (exact) mass is 313 g/mol. The van der Waals surface area contributed by atoms with Gasteiger partial charge in [0.2, 0.25) is 0 Å². The highest BCUT2D eigenvalue weighted by Crippen LogP contribution is 2.12. The standard InChI is InChI=1S/C16H12ClN3O2/c17-12-3-4-13(19-9-12)11-22-15-5-7-20(16(21)8-15)14-2-1-6-18-10-14/h1-10H,11H2. The molecule has 5 nitrogen and oxygen atoms in total. The number of ether oxygens (including phenoxy) is 1. The van der Waals surface area contributed by atoms with E-state index in [9.17, 15) is 4.79 Å². The maximum Gasteiger partial charge on any atom is 0.258 e. The molecule has 0 bridgehead atoms. The van der Waals surface area contributed by atoms with E-state index < -0.39 is 0 Å². The Balaban J connectivity index is 1.75. The van der Waals surface area contributed by atoms with E-state index in [0.29, 0.717) is 16.5 Å². The fourth-order valence-electron chi connectivity index (χ4n) is 1.91. The van der Waals surface area contributed by atoms with Gasteiger partial charge in [0.25, 0.3) is 5.56 Å². The zero-order valence-corrected chi connectivity index (χ0v) is 12.3. The van der Waals surface area contributed by atoms with Crippen molar-refractivity contribution in [3.05, 3.63) is 82.3 Å². The van der Waals surface area contributed by atoms with Crippen molar-refractivity contribution in [1.29, 1.82) is 0 Å². The Hall–Kier alpha value is -2.66. The summed E-state index contributed by atoms with van der Waals surface area (Å²) >= 11 is 5.77. The average molecular weight is 314 g/mol. The Morgan fingerprint density at radius 1 is 1.18 bits per heavy atom. The molecule has 0 saturated carbocycles. The number of pyridine rings is 3. The lowest BCUT2D eigenvalue weighted by Gasteiger charge is -2.08. The summed E-state index contributed by atoms with van der Waals surface area (Å²) in [6, 6.07) is 10.3. The lowest BCUT2D eigenvalue weighted by atomic mass is 10.3. The Kier molecular flexibility index (Phi) is 4.16. The second-order valence-corrected chi connectivity index (χ2v) is 4.97. The van der Waals surface area contributed by atoms with Crippen molar-refractivity contribution in [2.24, 2.45) is 0 Å². The molecule has 0 fully saturated rings. The minimum atomic E-state index is -0.186. The highest BCUT2D eigenvalue weighted by atomic mass is 35.5. The van der Waals surface area contributed by atoms with Crippen LogP contribution in [0.1, 0.15) is 5.69 Å². The van der Waals surface area contributed by atoms with Crippen LogP contribution in [0.3, 0.4) is 0 Å². The molecule has 0 saturated heterocycles. The van der Waals surface area contributed by atoms with Crippen LogP contribution < -0.4 is 10.3 Å². The number of hydrogen-bond acceptors (Lipinski definition) is 4. The first kappa shape index (κ1) is 14.3. The minimum absolute atomic E-state index is 0.186. The fourth-order valence-corrected chi connectivity index (χ4v) is 2.02. The molecule has 22 heavy (non-hydrogen) atoms. The molecular weight excluding hydrogens is 302 g/mol. The summed E-state index contributed by atoms with van der Waals surface area (Å²) in [5.41, 5.74) is 1.26. The van der Waals surface area contributed by atoms with Crippen LogP contribution in [-0.2, 0) is 6.61 Å². The largest absolute Gasteiger partial charge is 0.487 e. The van der Waals surface area contributed by atoms with E-state index in [-0.39, 0.29) is 12.2 Å². The molecular formula is C16H12ClN3O2. The predicted molar refractivity (Wildman–Crippen MR) is 83.4 cm³/mol. The maximum atomic E-state index is 12.1. The predicted octanol–water partition coefficient (Wildman–Crippen LogP) is 2.86. The Morgan fingerprint density at radius 3 is 2.77 bits per heavy atom. The van der Waals surface area contributed by atoms with Gasteiger partial charge in [-0.1, -0.05) is 11.6 Å². The molecule has 0 radical (unpaired) electrons. The summed E-state index contributed by atoms with van der Waals surface area (Å²) in [6.45, 7) is 0.271. The van der Waals surface area contributed by atoms with Gasteiger partial charge in [-0.3, -0.25) is 19.3 Å². The zero-order chi connectivity index (χ0) is 15.4. The molecule has 0 atom stereocenters. The number of halogens is 1. The van der Waals surface area contributed by atoms with Crippen LogP contribution in [0.5, 0.6) is 5.75 Å². The number of rotatable bonds is 4. The maximum absolute atomic E-state index is 12.1. The van der Waals surface area contributed by atoms with Crippen molar-refractivity contribution in [3.8, 4) is 11.4 Å². The number of aromatic nitrogens is 3. The summed E-state index contributed by atoms with van der Waals surface area (Å²) in [5.74, 6) is 0.488. The second-order valence-electron chi connectivity index (χ2n) is 4.54. The van der Waals surface area contributed by atoms with Crippen molar-refractivity contribution in [2.45, 2.75) is 6.61 Å². The third kappa shape index (κ3) is 3.32. The van der Waals surface area contributed by atoms with E-state index in [2.05, 4.69) is 9.97 Å². The van der Waals surface area contributed by atoms with E-state index in [1.54, 1.807) is 49.1 Å². The number of nitrogens with zero attached hydrogens (tertiary/aromatic N) is 3. The van der Waals surface area contributed by atoms with E-state index in [1.807, 2.05) is 6.07 Å². The summed E-state index contributed by atoms with van der Waals surface area (Å²) < 4.78 is 7.07. The van der Waals surface area contributed by atoms with Crippen LogP contribution in [0.2, 0.25) is 5.02 Å². The molecule has 3 aromatic rings. The van der Waals surface area contributed by atoms with Crippen LogP contribution in [0.15, 0.2) is 66.0 Å². The molecule has 110 valence electrons. The van der Waals surface area contributed by atoms with E-state index >= 15 is 0 Å². The van der Waals surface area contributed by atoms with Gasteiger partial charge in [-0.15, -0.1) is 0 Å². The Bertz CT molecular complexity index is 817. The van der Waals surface area contributed by atoms with Crippen molar-refractivity contribution >= 4 is 11.6 Å². The zero-order valence-electron chi connectivity index (χ0n) is 11.5. The van der Waals surface area contributed by atoms with Crippen LogP contribution in [0, 0.1) is 0 Å². The third-order valence-electron chi connectivity index (χ3n) is 2.99. The molecule has 6 heteroatoms. The lowest BCUT2D eigenvalue weighted by Crippen LogP contribution is -2.16. The second kappa shape index (κ2) is 6.41. The molecule has 3 aromatic heterocycles. The molecule has 0 aliphatic heterocycles. The van der Waals surface area contributed by atoms with Crippen molar-refractivity contribution < 1.29 is 4.74 Å². The van der Waals surface area contributed by atoms with Crippen LogP contribution in [0.25, 0.3) is 5.69 Å². The SMILES string of the molecule is O=c1cc(OCc2ccc(Cl)cn2)ccn1-c1cccnc1. The van der Waals surface area contributed by atoms with Crippen LogP contribution >= 0.6 is 11.6 Å². The molecule has 0 aromatic carbocycles. The van der Waals surface area contributed by atoms with Gasteiger partial charge in [-0.2, -0.15) is 0 Å². The fraction of sp³-hybridized carbons (Fsp3) is 0.0625. The first-order valence-electron chi connectivity index (χ1n) is 6.59. The van der Waals surface area contributed by atoms with Gasteiger partial charge in [0.15, 0.2) is 0 Å². The smallest absolute Gasteiger partial charge is 0.258 e. The van der Waals surface area contributed by atoms with Gasteiger partial charge < -0.3 is 4.74 Å². The highest BCUT2D eigenvalue weighted by Gasteiger charge is 2.03. The Morgan fingerprint density at radius 2 is 2.09 bits per heavy atom. The van der Waals surface area contributed by atoms with Gasteiger partial charge in [-0.05, 0) is 30.3 Å². The molecule has 0 amide bonds. The van der Waals surface area contributed by atoms with Gasteiger partial charge in [0.05, 0.1) is 22.6 Å². The minimum Gasteiger partial charge on any atom is -0.487 e. The number of hydrogen-bond donors (Lipinski definition) is 0. The highest BCUT2D eigenvalue weighted by molar-refractivity contribution is 6.30. The molecule has 0 N–H and O–H groups in total. The van der Waals surface area contributed by atoms with Crippen molar-refractivity contribution in [3.63, 3.8) is 0 Å². The summed E-state index contributed by atoms with van der Waals surface area (Å²) in [7, 11) is 0. The molecule has 3 rings (SSSR count). The normalized spacial score (nSPS) is 10.4. The van der Waals surface area contributed by atoms with Gasteiger partial charge in [0.1, 0.15) is 12.4 Å². The summed E-state index contributed by atoms with van der Waals surface area (Å²) in [6.07, 6.45) is 6.50. The molecule has 0 aliphatic carbocycles. The lowest BCUT2D eigenvalue weighted by molar-refractivity contribution is 0.300. The topological polar surface area (TPSA) is 57.0 Å². The average Bonchev–Trinajstić information content (AvgIpc) is 2.55. The van der Waals surface area contributed by atoms with Crippen LogP contribution in [-0.4, -0.2) is 14.5 Å². The first-order chi connectivity index (χ1) is 10.7. The van der Waals surface area contributed by atoms with Crippen LogP contribution in [0.4, 0.5) is 0 Å². The Labute approximate surface area is 131 Å². The summed E-state index contributed by atoms with van der Waals surface area (Å²) in [5, 5.41) is 0.572. The van der Waals surface area contributed by atoms with Gasteiger partial charge >= 0.3 is 0 Å². The van der Waals surface area contributed by atoms with E-state index in [0.717, 1.165) is 5.69 Å².